The third-order valence-corrected chi connectivity index (χ3v) is 6.17. The SMILES string of the molecule is CCCCCC=CCC=CCCCCCCCC(=O)OC(=O)CNC(=O)C(CS)NC(=O)CCC(N)C(=O)O. The predicted molar refractivity (Wildman–Crippen MR) is 154 cm³/mol. The van der Waals surface area contributed by atoms with E-state index in [2.05, 4.69) is 54.5 Å². The normalized spacial score (nSPS) is 12.8. The van der Waals surface area contributed by atoms with Gasteiger partial charge in [-0.3, -0.25) is 19.2 Å². The summed E-state index contributed by atoms with van der Waals surface area (Å²) in [4.78, 5) is 58.5. The Balaban J connectivity index is 3.90. The Labute approximate surface area is 238 Å². The number of esters is 2. The van der Waals surface area contributed by atoms with Gasteiger partial charge in [-0.2, -0.15) is 12.6 Å². The van der Waals surface area contributed by atoms with E-state index in [1.807, 2.05) is 0 Å². The molecule has 0 spiro atoms. The van der Waals surface area contributed by atoms with Crippen LogP contribution in [-0.4, -0.2) is 59.2 Å². The number of thiol groups is 1. The maximum absolute atomic E-state index is 12.2. The molecule has 0 bridgehead atoms. The minimum absolute atomic E-state index is 0.0522. The average molecular weight is 570 g/mol. The van der Waals surface area contributed by atoms with Gasteiger partial charge in [-0.25, -0.2) is 4.79 Å². The number of nitrogens with one attached hydrogen (secondary N) is 2. The molecule has 2 atom stereocenters. The minimum Gasteiger partial charge on any atom is -0.480 e. The van der Waals surface area contributed by atoms with E-state index < -0.39 is 48.4 Å². The number of ether oxygens (including phenoxy) is 1. The van der Waals surface area contributed by atoms with E-state index in [4.69, 9.17) is 15.6 Å². The fourth-order valence-corrected chi connectivity index (χ4v) is 3.71. The smallest absolute Gasteiger partial charge is 0.333 e. The quantitative estimate of drug-likeness (QED) is 0.0409. The number of hydrogen-bond acceptors (Lipinski definition) is 8. The topological polar surface area (TPSA) is 165 Å². The summed E-state index contributed by atoms with van der Waals surface area (Å²) in [7, 11) is 0. The van der Waals surface area contributed by atoms with E-state index in [9.17, 15) is 24.0 Å². The van der Waals surface area contributed by atoms with Gasteiger partial charge in [0.05, 0.1) is 0 Å². The molecular weight excluding hydrogens is 522 g/mol. The Morgan fingerprint density at radius 2 is 1.49 bits per heavy atom. The molecule has 0 rings (SSSR count). The van der Waals surface area contributed by atoms with Crippen LogP contribution in [0, 0.1) is 0 Å². The molecular formula is C28H47N3O7S. The predicted octanol–water partition coefficient (Wildman–Crippen LogP) is 3.59. The van der Waals surface area contributed by atoms with Gasteiger partial charge in [0.1, 0.15) is 18.6 Å². The number of carboxylic acid groups (broad SMARTS) is 1. The molecule has 222 valence electrons. The van der Waals surface area contributed by atoms with Crippen molar-refractivity contribution in [3.8, 4) is 0 Å². The molecule has 5 N–H and O–H groups in total. The average Bonchev–Trinajstić information content (AvgIpc) is 2.90. The summed E-state index contributed by atoms with van der Waals surface area (Å²) in [5.74, 6) is -4.07. The maximum atomic E-state index is 12.2. The summed E-state index contributed by atoms with van der Waals surface area (Å²) >= 11 is 4.00. The zero-order valence-corrected chi connectivity index (χ0v) is 24.1. The number of carboxylic acids is 1. The number of carbonyl (C=O) groups excluding carboxylic acids is 4. The van der Waals surface area contributed by atoms with Crippen molar-refractivity contribution >= 4 is 42.4 Å². The van der Waals surface area contributed by atoms with Gasteiger partial charge in [0.2, 0.25) is 11.8 Å². The van der Waals surface area contributed by atoms with Gasteiger partial charge in [0, 0.05) is 18.6 Å². The Hall–Kier alpha value is -2.66. The van der Waals surface area contributed by atoms with Crippen molar-refractivity contribution in [2.75, 3.05) is 12.3 Å². The Bertz CT molecular complexity index is 802. The fourth-order valence-electron chi connectivity index (χ4n) is 3.45. The molecule has 39 heavy (non-hydrogen) atoms. The molecule has 0 aromatic carbocycles. The van der Waals surface area contributed by atoms with Gasteiger partial charge in [0.25, 0.3) is 0 Å². The van der Waals surface area contributed by atoms with Gasteiger partial charge in [-0.15, -0.1) is 0 Å². The van der Waals surface area contributed by atoms with Gasteiger partial charge in [0.15, 0.2) is 0 Å². The number of rotatable bonds is 23. The van der Waals surface area contributed by atoms with E-state index in [1.165, 1.54) is 19.3 Å². The van der Waals surface area contributed by atoms with Crippen LogP contribution in [-0.2, 0) is 28.7 Å². The number of aliphatic carboxylic acids is 1. The lowest BCUT2D eigenvalue weighted by Crippen LogP contribution is -2.49. The number of carbonyl (C=O) groups is 5. The summed E-state index contributed by atoms with van der Waals surface area (Å²) in [5.41, 5.74) is 5.34. The lowest BCUT2D eigenvalue weighted by Gasteiger charge is -2.16. The minimum atomic E-state index is -1.23. The van der Waals surface area contributed by atoms with Crippen LogP contribution in [0.4, 0.5) is 0 Å². The largest absolute Gasteiger partial charge is 0.480 e. The number of allylic oxidation sites excluding steroid dienone is 4. The first kappa shape index (κ1) is 36.3. The molecule has 0 radical (unpaired) electrons. The van der Waals surface area contributed by atoms with Crippen LogP contribution in [0.25, 0.3) is 0 Å². The van der Waals surface area contributed by atoms with Crippen LogP contribution >= 0.6 is 12.6 Å². The van der Waals surface area contributed by atoms with E-state index in [-0.39, 0.29) is 25.0 Å². The van der Waals surface area contributed by atoms with Crippen molar-refractivity contribution in [3.63, 3.8) is 0 Å². The van der Waals surface area contributed by atoms with E-state index in [1.54, 1.807) is 0 Å². The van der Waals surface area contributed by atoms with Crippen LogP contribution < -0.4 is 16.4 Å². The standard InChI is InChI=1S/C28H47N3O7S/c1-2-3-4-5-6-7-8-9-10-11-12-13-14-15-16-17-25(33)38-26(34)20-30-27(35)23(21-39)31-24(32)19-18-22(29)28(36)37/h6-7,9-10,22-23,39H,2-5,8,11-21,29H2,1H3,(H,30,35)(H,31,32)(H,36,37). The van der Waals surface area contributed by atoms with Gasteiger partial charge >= 0.3 is 17.9 Å². The van der Waals surface area contributed by atoms with Crippen molar-refractivity contribution in [2.24, 2.45) is 5.73 Å². The molecule has 0 saturated carbocycles. The van der Waals surface area contributed by atoms with Crippen molar-refractivity contribution < 1.29 is 33.8 Å². The second kappa shape index (κ2) is 24.4. The van der Waals surface area contributed by atoms with Gasteiger partial charge < -0.3 is 26.2 Å². The van der Waals surface area contributed by atoms with E-state index in [0.717, 1.165) is 44.9 Å². The maximum Gasteiger partial charge on any atom is 0.333 e. The summed E-state index contributed by atoms with van der Waals surface area (Å²) in [6.45, 7) is 1.68. The molecule has 11 heteroatoms. The Kier molecular flexibility index (Phi) is 22.7. The van der Waals surface area contributed by atoms with Crippen LogP contribution in [0.3, 0.4) is 0 Å². The number of unbranched alkanes of at least 4 members (excludes halogenated alkanes) is 8. The fraction of sp³-hybridized carbons (Fsp3) is 0.679. The van der Waals surface area contributed by atoms with Crippen molar-refractivity contribution in [2.45, 2.75) is 109 Å². The second-order valence-electron chi connectivity index (χ2n) is 9.33. The molecule has 0 aromatic heterocycles. The molecule has 0 aliphatic heterocycles. The summed E-state index contributed by atoms with van der Waals surface area (Å²) in [5, 5.41) is 13.4. The highest BCUT2D eigenvalue weighted by Gasteiger charge is 2.22. The van der Waals surface area contributed by atoms with Crippen LogP contribution in [0.5, 0.6) is 0 Å². The first-order valence-corrected chi connectivity index (χ1v) is 14.5. The van der Waals surface area contributed by atoms with Crippen molar-refractivity contribution in [1.82, 2.24) is 10.6 Å². The summed E-state index contributed by atoms with van der Waals surface area (Å²) in [6, 6.07) is -2.23. The van der Waals surface area contributed by atoms with Crippen molar-refractivity contribution in [3.05, 3.63) is 24.3 Å². The monoisotopic (exact) mass is 569 g/mol. The highest BCUT2D eigenvalue weighted by Crippen LogP contribution is 2.09. The summed E-state index contributed by atoms with van der Waals surface area (Å²) in [6.07, 6.45) is 20.4. The van der Waals surface area contributed by atoms with Crippen molar-refractivity contribution in [1.29, 1.82) is 0 Å². The third-order valence-electron chi connectivity index (χ3n) is 5.80. The molecule has 2 amide bonds. The number of hydrogen-bond donors (Lipinski definition) is 5. The third kappa shape index (κ3) is 21.9. The Morgan fingerprint density at radius 3 is 2.10 bits per heavy atom. The first-order valence-electron chi connectivity index (χ1n) is 13.9. The van der Waals surface area contributed by atoms with Crippen LogP contribution in [0.15, 0.2) is 24.3 Å². The molecule has 0 aliphatic rings. The van der Waals surface area contributed by atoms with E-state index in [0.29, 0.717) is 6.42 Å². The molecule has 10 nitrogen and oxygen atoms in total. The zero-order valence-electron chi connectivity index (χ0n) is 23.2. The molecule has 0 saturated heterocycles. The second-order valence-corrected chi connectivity index (χ2v) is 9.70. The first-order chi connectivity index (χ1) is 18.7. The molecule has 0 aromatic rings. The highest BCUT2D eigenvalue weighted by molar-refractivity contribution is 7.80. The molecule has 0 heterocycles. The van der Waals surface area contributed by atoms with E-state index >= 15 is 0 Å². The van der Waals surface area contributed by atoms with Gasteiger partial charge in [-0.05, 0) is 44.9 Å². The molecule has 0 fully saturated rings. The van der Waals surface area contributed by atoms with Crippen LogP contribution in [0.1, 0.15) is 96.8 Å². The summed E-state index contributed by atoms with van der Waals surface area (Å²) < 4.78 is 4.72. The molecule has 0 aliphatic carbocycles. The zero-order chi connectivity index (χ0) is 29.3. The highest BCUT2D eigenvalue weighted by atomic mass is 32.1. The Morgan fingerprint density at radius 1 is 0.872 bits per heavy atom. The molecule has 2 unspecified atom stereocenters. The van der Waals surface area contributed by atoms with Crippen LogP contribution in [0.2, 0.25) is 0 Å². The number of nitrogens with two attached hydrogens (primary N) is 1. The lowest BCUT2D eigenvalue weighted by molar-refractivity contribution is -0.159. The lowest BCUT2D eigenvalue weighted by atomic mass is 10.1. The van der Waals surface area contributed by atoms with Gasteiger partial charge in [-0.1, -0.05) is 63.3 Å². The number of amides is 2.